The number of thioether (sulfide) groups is 1. The summed E-state index contributed by atoms with van der Waals surface area (Å²) in [5.74, 6) is 2.67. The molecule has 2 rings (SSSR count). The Balaban J connectivity index is 1.98. The topological polar surface area (TPSA) is 29.3 Å². The molecule has 2 aliphatic rings. The second-order valence-corrected chi connectivity index (χ2v) is 7.53. The van der Waals surface area contributed by atoms with Crippen molar-refractivity contribution in [1.82, 2.24) is 4.90 Å². The van der Waals surface area contributed by atoms with Gasteiger partial charge in [-0.25, -0.2) is 0 Å². The first-order valence-electron chi connectivity index (χ1n) is 7.16. The summed E-state index contributed by atoms with van der Waals surface area (Å²) in [5.41, 5.74) is 6.30. The Kier molecular flexibility index (Phi) is 4.79. The minimum atomic E-state index is 0.526. The molecule has 0 saturated carbocycles. The maximum Gasteiger partial charge on any atom is 0.0194 e. The Hall–Kier alpha value is 0.270. The van der Waals surface area contributed by atoms with E-state index in [2.05, 4.69) is 30.5 Å². The van der Waals surface area contributed by atoms with Gasteiger partial charge in [-0.1, -0.05) is 20.3 Å². The number of nitrogens with two attached hydrogens (primary N) is 1. The van der Waals surface area contributed by atoms with E-state index >= 15 is 0 Å². The molecule has 2 unspecified atom stereocenters. The van der Waals surface area contributed by atoms with Gasteiger partial charge in [0, 0.05) is 17.8 Å². The third kappa shape index (κ3) is 3.62. The molecule has 3 heteroatoms. The van der Waals surface area contributed by atoms with Crippen molar-refractivity contribution in [3.05, 3.63) is 0 Å². The quantitative estimate of drug-likeness (QED) is 0.842. The first kappa shape index (κ1) is 13.7. The van der Waals surface area contributed by atoms with Crippen LogP contribution in [0.15, 0.2) is 0 Å². The molecule has 0 aromatic heterocycles. The smallest absolute Gasteiger partial charge is 0.0194 e. The van der Waals surface area contributed by atoms with Gasteiger partial charge in [0.15, 0.2) is 0 Å². The molecule has 17 heavy (non-hydrogen) atoms. The average Bonchev–Trinajstić information content (AvgIpc) is 2.29. The second kappa shape index (κ2) is 5.94. The zero-order chi connectivity index (χ0) is 12.3. The van der Waals surface area contributed by atoms with Crippen LogP contribution < -0.4 is 5.73 Å². The van der Waals surface area contributed by atoms with Gasteiger partial charge in [-0.2, -0.15) is 11.8 Å². The van der Waals surface area contributed by atoms with Crippen molar-refractivity contribution >= 4 is 11.8 Å². The first-order valence-corrected chi connectivity index (χ1v) is 8.31. The van der Waals surface area contributed by atoms with Gasteiger partial charge in [0.1, 0.15) is 0 Å². The highest BCUT2D eigenvalue weighted by atomic mass is 32.2. The van der Waals surface area contributed by atoms with Crippen LogP contribution in [0.25, 0.3) is 0 Å². The van der Waals surface area contributed by atoms with Crippen molar-refractivity contribution in [1.29, 1.82) is 0 Å². The summed E-state index contributed by atoms with van der Waals surface area (Å²) >= 11 is 2.15. The lowest BCUT2D eigenvalue weighted by molar-refractivity contribution is 0.0756. The second-order valence-electron chi connectivity index (χ2n) is 6.50. The molecule has 2 saturated heterocycles. The van der Waals surface area contributed by atoms with Gasteiger partial charge in [0.25, 0.3) is 0 Å². The highest BCUT2D eigenvalue weighted by Crippen LogP contribution is 2.37. The molecule has 0 aromatic carbocycles. The zero-order valence-electron chi connectivity index (χ0n) is 11.5. The van der Waals surface area contributed by atoms with Crippen LogP contribution in [0.4, 0.5) is 0 Å². The molecule has 2 atom stereocenters. The van der Waals surface area contributed by atoms with Gasteiger partial charge < -0.3 is 5.73 Å². The van der Waals surface area contributed by atoms with Gasteiger partial charge in [0.05, 0.1) is 0 Å². The maximum atomic E-state index is 5.77. The number of likely N-dealkylation sites (tertiary alicyclic amines) is 1. The molecule has 0 bridgehead atoms. The van der Waals surface area contributed by atoms with E-state index in [-0.39, 0.29) is 0 Å². The molecule has 0 aliphatic carbocycles. The Morgan fingerprint density at radius 2 is 2.18 bits per heavy atom. The molecular weight excluding hydrogens is 228 g/mol. The fraction of sp³-hybridized carbons (Fsp3) is 1.00. The van der Waals surface area contributed by atoms with Gasteiger partial charge in [0.2, 0.25) is 0 Å². The number of piperidine rings is 1. The fourth-order valence-electron chi connectivity index (χ4n) is 3.45. The molecular formula is C14H28N2S. The zero-order valence-corrected chi connectivity index (χ0v) is 12.3. The standard InChI is InChI=1S/C14H28N2S/c1-14(2)9-13(10-17-11-14)16-8-4-3-5-12(16)6-7-15/h12-13H,3-11,15H2,1-2H3. The van der Waals surface area contributed by atoms with Gasteiger partial charge in [-0.3, -0.25) is 4.90 Å². The lowest BCUT2D eigenvalue weighted by atomic mass is 9.85. The number of rotatable bonds is 3. The predicted octanol–water partition coefficient (Wildman–Crippen LogP) is 2.72. The van der Waals surface area contributed by atoms with E-state index in [1.165, 1.54) is 50.2 Å². The molecule has 2 nitrogen and oxygen atoms in total. The van der Waals surface area contributed by atoms with E-state index in [1.807, 2.05) is 0 Å². The van der Waals surface area contributed by atoms with Crippen LogP contribution in [-0.2, 0) is 0 Å². The molecule has 0 spiro atoms. The third-order valence-electron chi connectivity index (χ3n) is 4.23. The first-order chi connectivity index (χ1) is 8.12. The third-order valence-corrected chi connectivity index (χ3v) is 5.84. The SMILES string of the molecule is CC1(C)CSCC(N2CCCCC2CCN)C1. The van der Waals surface area contributed by atoms with E-state index in [0.29, 0.717) is 5.41 Å². The molecule has 0 aromatic rings. The molecule has 0 amide bonds. The van der Waals surface area contributed by atoms with E-state index in [1.54, 1.807) is 0 Å². The summed E-state index contributed by atoms with van der Waals surface area (Å²) < 4.78 is 0. The molecule has 2 N–H and O–H groups in total. The Labute approximate surface area is 111 Å². The van der Waals surface area contributed by atoms with Crippen molar-refractivity contribution in [2.24, 2.45) is 11.1 Å². The summed E-state index contributed by atoms with van der Waals surface area (Å²) in [6, 6.07) is 1.58. The number of nitrogens with zero attached hydrogens (tertiary/aromatic N) is 1. The lowest BCUT2D eigenvalue weighted by Crippen LogP contribution is -2.51. The van der Waals surface area contributed by atoms with Crippen LogP contribution in [0.2, 0.25) is 0 Å². The van der Waals surface area contributed by atoms with Gasteiger partial charge in [-0.15, -0.1) is 0 Å². The molecule has 2 aliphatic heterocycles. The Morgan fingerprint density at radius 1 is 1.35 bits per heavy atom. The fourth-order valence-corrected chi connectivity index (χ4v) is 4.82. The summed E-state index contributed by atoms with van der Waals surface area (Å²) in [6.45, 7) is 7.01. The molecule has 2 heterocycles. The highest BCUT2D eigenvalue weighted by molar-refractivity contribution is 7.99. The van der Waals surface area contributed by atoms with Crippen molar-refractivity contribution in [3.63, 3.8) is 0 Å². The molecule has 2 fully saturated rings. The minimum Gasteiger partial charge on any atom is -0.330 e. The van der Waals surface area contributed by atoms with Crippen molar-refractivity contribution in [2.75, 3.05) is 24.6 Å². The van der Waals surface area contributed by atoms with Crippen LogP contribution in [0.3, 0.4) is 0 Å². The van der Waals surface area contributed by atoms with Crippen LogP contribution in [-0.4, -0.2) is 41.6 Å². The summed E-state index contributed by atoms with van der Waals surface area (Å²) in [5, 5.41) is 0. The average molecular weight is 256 g/mol. The van der Waals surface area contributed by atoms with Crippen molar-refractivity contribution < 1.29 is 0 Å². The van der Waals surface area contributed by atoms with E-state index < -0.39 is 0 Å². The Bertz CT molecular complexity index is 240. The van der Waals surface area contributed by atoms with Crippen molar-refractivity contribution in [2.45, 2.75) is 58.0 Å². The monoisotopic (exact) mass is 256 g/mol. The summed E-state index contributed by atoms with van der Waals surface area (Å²) in [4.78, 5) is 2.80. The Morgan fingerprint density at radius 3 is 2.88 bits per heavy atom. The molecule has 0 radical (unpaired) electrons. The van der Waals surface area contributed by atoms with Crippen LogP contribution in [0.5, 0.6) is 0 Å². The maximum absolute atomic E-state index is 5.77. The molecule has 100 valence electrons. The normalized spacial score (nSPS) is 34.8. The summed E-state index contributed by atoms with van der Waals surface area (Å²) in [7, 11) is 0. The minimum absolute atomic E-state index is 0.526. The van der Waals surface area contributed by atoms with E-state index in [4.69, 9.17) is 5.73 Å². The van der Waals surface area contributed by atoms with Gasteiger partial charge >= 0.3 is 0 Å². The van der Waals surface area contributed by atoms with Gasteiger partial charge in [-0.05, 0) is 49.9 Å². The van der Waals surface area contributed by atoms with Crippen LogP contribution >= 0.6 is 11.8 Å². The number of hydrogen-bond acceptors (Lipinski definition) is 3. The van der Waals surface area contributed by atoms with E-state index in [9.17, 15) is 0 Å². The van der Waals surface area contributed by atoms with E-state index in [0.717, 1.165) is 18.6 Å². The lowest BCUT2D eigenvalue weighted by Gasteiger charge is -2.46. The highest BCUT2D eigenvalue weighted by Gasteiger charge is 2.35. The van der Waals surface area contributed by atoms with Crippen molar-refractivity contribution in [3.8, 4) is 0 Å². The largest absolute Gasteiger partial charge is 0.330 e. The van der Waals surface area contributed by atoms with Crippen LogP contribution in [0.1, 0.15) is 46.0 Å². The van der Waals surface area contributed by atoms with Crippen LogP contribution in [0, 0.1) is 5.41 Å². The summed E-state index contributed by atoms with van der Waals surface area (Å²) in [6.07, 6.45) is 6.74. The number of hydrogen-bond donors (Lipinski definition) is 1. The predicted molar refractivity (Wildman–Crippen MR) is 77.5 cm³/mol.